The summed E-state index contributed by atoms with van der Waals surface area (Å²) in [6.45, 7) is 11.5. The summed E-state index contributed by atoms with van der Waals surface area (Å²) in [5.41, 5.74) is 2.11. The van der Waals surface area contributed by atoms with Crippen LogP contribution in [0.2, 0.25) is 0 Å². The van der Waals surface area contributed by atoms with Crippen LogP contribution in [0, 0.1) is 0 Å². The van der Waals surface area contributed by atoms with E-state index in [0.717, 1.165) is 62.9 Å². The van der Waals surface area contributed by atoms with Crippen LogP contribution in [0.3, 0.4) is 0 Å². The molecule has 0 saturated heterocycles. The summed E-state index contributed by atoms with van der Waals surface area (Å²) in [7, 11) is 0. The van der Waals surface area contributed by atoms with Crippen molar-refractivity contribution in [2.45, 2.75) is 182 Å². The first-order chi connectivity index (χ1) is 29.5. The lowest BCUT2D eigenvalue weighted by molar-refractivity contribution is 0.258. The normalized spacial score (nSPS) is 11.5. The maximum absolute atomic E-state index is 11.0. The molecule has 0 unspecified atom stereocenters. The predicted molar refractivity (Wildman–Crippen MR) is 253 cm³/mol. The van der Waals surface area contributed by atoms with Crippen molar-refractivity contribution in [1.29, 1.82) is 0 Å². The molecule has 0 atom stereocenters. The molecule has 0 aliphatic carbocycles. The number of rotatable bonds is 36. The Labute approximate surface area is 364 Å². The summed E-state index contributed by atoms with van der Waals surface area (Å²) in [6.07, 6.45) is 31.8. The van der Waals surface area contributed by atoms with Crippen molar-refractivity contribution in [2.24, 2.45) is 9.98 Å². The number of hydrogen-bond acceptors (Lipinski definition) is 8. The number of hydrogen-bond donors (Lipinski definition) is 2. The Bertz CT molecular complexity index is 1500. The first kappa shape index (κ1) is 50.2. The molecule has 0 fully saturated rings. The van der Waals surface area contributed by atoms with E-state index in [4.69, 9.17) is 18.9 Å². The minimum absolute atomic E-state index is 0.262. The molecule has 0 heterocycles. The zero-order valence-corrected chi connectivity index (χ0v) is 38.0. The monoisotopic (exact) mass is 829 g/mol. The zero-order valence-electron chi connectivity index (χ0n) is 38.0. The molecule has 3 aromatic rings. The SMILES string of the molecule is CCCCCCCCOc1ccc(N=Cc2ccc(C=Nc3ccc(OCCCCCCCC)c(OCCCCCCCC)c3)c(O)c2O)cc1OCCCCCCCC. The van der Waals surface area contributed by atoms with Crippen LogP contribution in [0.1, 0.15) is 193 Å². The second kappa shape index (κ2) is 32.6. The van der Waals surface area contributed by atoms with Gasteiger partial charge in [-0.25, -0.2) is 0 Å². The van der Waals surface area contributed by atoms with Gasteiger partial charge in [0.05, 0.1) is 37.8 Å². The molecule has 2 N–H and O–H groups in total. The number of phenolic OH excluding ortho intramolecular Hbond substituents is 2. The minimum atomic E-state index is -0.262. The van der Waals surface area contributed by atoms with E-state index < -0.39 is 0 Å². The number of ether oxygens (including phenoxy) is 4. The molecule has 0 bridgehead atoms. The highest BCUT2D eigenvalue weighted by Crippen LogP contribution is 2.36. The quantitative estimate of drug-likeness (QED) is 0.0344. The van der Waals surface area contributed by atoms with Gasteiger partial charge in [-0.1, -0.05) is 156 Å². The van der Waals surface area contributed by atoms with Crippen molar-refractivity contribution < 1.29 is 29.2 Å². The molecule has 0 aliphatic rings. The molecule has 0 spiro atoms. The molecular weight excluding hydrogens is 749 g/mol. The Morgan fingerprint density at radius 2 is 0.650 bits per heavy atom. The molecule has 60 heavy (non-hydrogen) atoms. The molecule has 0 aliphatic heterocycles. The van der Waals surface area contributed by atoms with Crippen molar-refractivity contribution in [3.05, 3.63) is 59.7 Å². The standard InChI is InChI=1S/C52H80N2O6/c1-5-9-13-17-21-25-35-57-47-33-31-45(39-49(47)59-37-27-23-19-15-11-7-3)53-41-43-29-30-44(52(56)51(43)55)42-54-46-32-34-48(58-36-26-22-18-14-10-6-2)50(40-46)60-38-28-24-20-16-12-8-4/h29-34,39-42,55-56H,5-28,35-38H2,1-4H3. The van der Waals surface area contributed by atoms with E-state index in [0.29, 0.717) is 60.4 Å². The Morgan fingerprint density at radius 3 is 0.967 bits per heavy atom. The lowest BCUT2D eigenvalue weighted by Gasteiger charge is -2.14. The smallest absolute Gasteiger partial charge is 0.167 e. The molecule has 8 heteroatoms. The Kier molecular flexibility index (Phi) is 27.2. The summed E-state index contributed by atoms with van der Waals surface area (Å²) >= 11 is 0. The highest BCUT2D eigenvalue weighted by atomic mass is 16.5. The highest BCUT2D eigenvalue weighted by Gasteiger charge is 2.12. The lowest BCUT2D eigenvalue weighted by atomic mass is 10.1. The fourth-order valence-electron chi connectivity index (χ4n) is 6.98. The molecular formula is C52H80N2O6. The molecule has 0 amide bonds. The van der Waals surface area contributed by atoms with Gasteiger partial charge in [-0.15, -0.1) is 0 Å². The highest BCUT2D eigenvalue weighted by molar-refractivity contribution is 5.92. The van der Waals surface area contributed by atoms with E-state index in [1.807, 2.05) is 36.4 Å². The van der Waals surface area contributed by atoms with Gasteiger partial charge in [0.2, 0.25) is 0 Å². The van der Waals surface area contributed by atoms with Crippen LogP contribution in [0.4, 0.5) is 11.4 Å². The molecule has 0 radical (unpaired) electrons. The topological polar surface area (TPSA) is 102 Å². The number of aliphatic imine (C=N–C) groups is 2. The van der Waals surface area contributed by atoms with Gasteiger partial charge in [0.25, 0.3) is 0 Å². The van der Waals surface area contributed by atoms with E-state index in [1.54, 1.807) is 24.6 Å². The first-order valence-corrected chi connectivity index (χ1v) is 23.9. The average Bonchev–Trinajstić information content (AvgIpc) is 3.26. The van der Waals surface area contributed by atoms with Crippen LogP contribution in [0.25, 0.3) is 0 Å². The number of benzene rings is 3. The van der Waals surface area contributed by atoms with Crippen LogP contribution in [-0.4, -0.2) is 49.1 Å². The van der Waals surface area contributed by atoms with Gasteiger partial charge in [0.15, 0.2) is 34.5 Å². The largest absolute Gasteiger partial charge is 0.504 e. The maximum atomic E-state index is 11.0. The van der Waals surface area contributed by atoms with Gasteiger partial charge in [-0.3, -0.25) is 9.98 Å². The molecule has 3 aromatic carbocycles. The van der Waals surface area contributed by atoms with Gasteiger partial charge in [-0.2, -0.15) is 0 Å². The summed E-state index contributed by atoms with van der Waals surface area (Å²) < 4.78 is 24.8. The Hall–Kier alpha value is -4.20. The summed E-state index contributed by atoms with van der Waals surface area (Å²) in [4.78, 5) is 9.28. The first-order valence-electron chi connectivity index (χ1n) is 23.9. The zero-order chi connectivity index (χ0) is 42.9. The van der Waals surface area contributed by atoms with Crippen LogP contribution < -0.4 is 18.9 Å². The number of unbranched alkanes of at least 4 members (excludes halogenated alkanes) is 20. The summed E-state index contributed by atoms with van der Waals surface area (Å²) in [5, 5.41) is 22.0. The maximum Gasteiger partial charge on any atom is 0.167 e. The fourth-order valence-corrected chi connectivity index (χ4v) is 6.98. The van der Waals surface area contributed by atoms with Gasteiger partial charge < -0.3 is 29.2 Å². The fraction of sp³-hybridized carbons (Fsp3) is 0.615. The molecule has 334 valence electrons. The molecule has 3 rings (SSSR count). The number of nitrogens with zero attached hydrogens (tertiary/aromatic N) is 2. The summed E-state index contributed by atoms with van der Waals surface area (Å²) in [5.74, 6) is 2.28. The second-order valence-corrected chi connectivity index (χ2v) is 16.2. The van der Waals surface area contributed by atoms with Crippen molar-refractivity contribution in [2.75, 3.05) is 26.4 Å². The van der Waals surface area contributed by atoms with E-state index in [9.17, 15) is 10.2 Å². The average molecular weight is 829 g/mol. The second-order valence-electron chi connectivity index (χ2n) is 16.2. The van der Waals surface area contributed by atoms with Gasteiger partial charge in [0.1, 0.15) is 0 Å². The predicted octanol–water partition coefficient (Wildman–Crippen LogP) is 15.6. The minimum Gasteiger partial charge on any atom is -0.504 e. The molecule has 0 aromatic heterocycles. The third kappa shape index (κ3) is 20.9. The third-order valence-electron chi connectivity index (χ3n) is 10.8. The van der Waals surface area contributed by atoms with E-state index in [-0.39, 0.29) is 11.5 Å². The lowest BCUT2D eigenvalue weighted by Crippen LogP contribution is -2.02. The summed E-state index contributed by atoms with van der Waals surface area (Å²) in [6, 6.07) is 14.8. The van der Waals surface area contributed by atoms with Crippen LogP contribution in [0.15, 0.2) is 58.5 Å². The van der Waals surface area contributed by atoms with Crippen molar-refractivity contribution >= 4 is 23.8 Å². The van der Waals surface area contributed by atoms with Gasteiger partial charge in [-0.05, 0) is 62.1 Å². The Balaban J connectivity index is 1.68. The van der Waals surface area contributed by atoms with Gasteiger partial charge in [0, 0.05) is 35.7 Å². The van der Waals surface area contributed by atoms with Crippen LogP contribution in [-0.2, 0) is 0 Å². The van der Waals surface area contributed by atoms with E-state index in [2.05, 4.69) is 37.7 Å². The van der Waals surface area contributed by atoms with E-state index in [1.165, 1.54) is 103 Å². The molecule has 0 saturated carbocycles. The van der Waals surface area contributed by atoms with Crippen molar-refractivity contribution in [3.63, 3.8) is 0 Å². The Morgan fingerprint density at radius 1 is 0.367 bits per heavy atom. The van der Waals surface area contributed by atoms with E-state index >= 15 is 0 Å². The number of aromatic hydroxyl groups is 2. The van der Waals surface area contributed by atoms with Crippen LogP contribution in [0.5, 0.6) is 34.5 Å². The molecule has 8 nitrogen and oxygen atoms in total. The third-order valence-corrected chi connectivity index (χ3v) is 10.8. The van der Waals surface area contributed by atoms with Crippen LogP contribution >= 0.6 is 0 Å². The van der Waals surface area contributed by atoms with Crippen molar-refractivity contribution in [1.82, 2.24) is 0 Å². The number of phenols is 2. The van der Waals surface area contributed by atoms with Crippen molar-refractivity contribution in [3.8, 4) is 34.5 Å². The van der Waals surface area contributed by atoms with Gasteiger partial charge >= 0.3 is 0 Å².